The Morgan fingerprint density at radius 2 is 1.80 bits per heavy atom. The monoisotopic (exact) mass is 206 g/mol. The minimum absolute atomic E-state index is 0.0539. The summed E-state index contributed by atoms with van der Waals surface area (Å²) in [5.41, 5.74) is 3.51. The molecule has 0 saturated heterocycles. The lowest BCUT2D eigenvalue weighted by atomic mass is 9.80. The Kier molecular flexibility index (Phi) is 3.56. The summed E-state index contributed by atoms with van der Waals surface area (Å²) in [7, 11) is 0. The molecule has 84 valence electrons. The summed E-state index contributed by atoms with van der Waals surface area (Å²) >= 11 is 0. The van der Waals surface area contributed by atoms with Crippen molar-refractivity contribution >= 4 is 0 Å². The summed E-state index contributed by atoms with van der Waals surface area (Å²) in [5.74, 6) is 0. The quantitative estimate of drug-likeness (QED) is 0.798. The molecule has 1 unspecified atom stereocenters. The number of aliphatic hydroxyl groups excluding tert-OH is 1. The van der Waals surface area contributed by atoms with E-state index in [2.05, 4.69) is 46.8 Å². The van der Waals surface area contributed by atoms with E-state index in [-0.39, 0.29) is 11.5 Å². The average molecular weight is 206 g/mol. The summed E-state index contributed by atoms with van der Waals surface area (Å²) in [4.78, 5) is 0. The van der Waals surface area contributed by atoms with Crippen LogP contribution in [0.25, 0.3) is 0 Å². The molecule has 15 heavy (non-hydrogen) atoms. The predicted molar refractivity (Wildman–Crippen MR) is 64.9 cm³/mol. The van der Waals surface area contributed by atoms with Crippen LogP contribution in [0.2, 0.25) is 0 Å². The van der Waals surface area contributed by atoms with Crippen LogP contribution >= 0.6 is 0 Å². The second-order valence-corrected chi connectivity index (χ2v) is 5.09. The van der Waals surface area contributed by atoms with Crippen molar-refractivity contribution < 1.29 is 5.11 Å². The molecule has 0 heterocycles. The zero-order valence-corrected chi connectivity index (χ0v) is 10.5. The highest BCUT2D eigenvalue weighted by Gasteiger charge is 2.27. The van der Waals surface area contributed by atoms with Crippen LogP contribution in [0, 0.1) is 19.3 Å². The fraction of sp³-hybridized carbons (Fsp3) is 0.571. The van der Waals surface area contributed by atoms with Crippen molar-refractivity contribution in [2.24, 2.45) is 5.41 Å². The van der Waals surface area contributed by atoms with Crippen LogP contribution in [0.1, 0.15) is 50.0 Å². The summed E-state index contributed by atoms with van der Waals surface area (Å²) in [5, 5.41) is 10.3. The maximum Gasteiger partial charge on any atom is 0.0840 e. The van der Waals surface area contributed by atoms with Gasteiger partial charge in [0.25, 0.3) is 0 Å². The van der Waals surface area contributed by atoms with E-state index in [1.807, 2.05) is 6.07 Å². The van der Waals surface area contributed by atoms with Gasteiger partial charge < -0.3 is 5.11 Å². The molecule has 0 saturated carbocycles. The Morgan fingerprint density at radius 1 is 1.20 bits per heavy atom. The van der Waals surface area contributed by atoms with Crippen molar-refractivity contribution in [2.45, 2.75) is 47.1 Å². The van der Waals surface area contributed by atoms with E-state index >= 15 is 0 Å². The second-order valence-electron chi connectivity index (χ2n) is 5.09. The zero-order valence-electron chi connectivity index (χ0n) is 10.5. The van der Waals surface area contributed by atoms with Gasteiger partial charge in [0.1, 0.15) is 0 Å². The first-order valence-electron chi connectivity index (χ1n) is 5.63. The molecule has 1 atom stereocenters. The smallest absolute Gasteiger partial charge is 0.0840 e. The highest BCUT2D eigenvalue weighted by atomic mass is 16.3. The number of rotatable bonds is 3. The van der Waals surface area contributed by atoms with Gasteiger partial charge in [0.2, 0.25) is 0 Å². The van der Waals surface area contributed by atoms with Crippen molar-refractivity contribution in [3.8, 4) is 0 Å². The lowest BCUT2D eigenvalue weighted by Crippen LogP contribution is -2.21. The summed E-state index contributed by atoms with van der Waals surface area (Å²) in [6.45, 7) is 10.5. The molecule has 0 fully saturated rings. The lowest BCUT2D eigenvalue weighted by Gasteiger charge is -2.29. The van der Waals surface area contributed by atoms with Gasteiger partial charge in [-0.2, -0.15) is 0 Å². The first-order valence-corrected chi connectivity index (χ1v) is 5.63. The van der Waals surface area contributed by atoms with Gasteiger partial charge in [-0.3, -0.25) is 0 Å². The molecule has 0 bridgehead atoms. The third-order valence-corrected chi connectivity index (χ3v) is 3.50. The second kappa shape index (κ2) is 4.36. The van der Waals surface area contributed by atoms with E-state index < -0.39 is 0 Å². The van der Waals surface area contributed by atoms with Crippen LogP contribution in [0.4, 0.5) is 0 Å². The number of aliphatic hydroxyl groups is 1. The van der Waals surface area contributed by atoms with Crippen LogP contribution in [-0.2, 0) is 0 Å². The molecular formula is C14H22O. The fourth-order valence-electron chi connectivity index (χ4n) is 1.58. The van der Waals surface area contributed by atoms with Gasteiger partial charge in [-0.1, -0.05) is 39.0 Å². The van der Waals surface area contributed by atoms with Crippen LogP contribution < -0.4 is 0 Å². The van der Waals surface area contributed by atoms with E-state index in [1.165, 1.54) is 11.1 Å². The van der Waals surface area contributed by atoms with Gasteiger partial charge in [-0.25, -0.2) is 0 Å². The van der Waals surface area contributed by atoms with Gasteiger partial charge in [0.15, 0.2) is 0 Å². The van der Waals surface area contributed by atoms with Crippen LogP contribution in [0.15, 0.2) is 18.2 Å². The molecule has 0 spiro atoms. The van der Waals surface area contributed by atoms with Crippen molar-refractivity contribution in [2.75, 3.05) is 0 Å². The van der Waals surface area contributed by atoms with Gasteiger partial charge in [-0.05, 0) is 42.4 Å². The first kappa shape index (κ1) is 12.3. The fourth-order valence-corrected chi connectivity index (χ4v) is 1.58. The van der Waals surface area contributed by atoms with Crippen LogP contribution in [-0.4, -0.2) is 5.11 Å². The summed E-state index contributed by atoms with van der Waals surface area (Å²) in [6, 6.07) is 6.21. The average Bonchev–Trinajstić information content (AvgIpc) is 2.21. The molecule has 1 N–H and O–H groups in total. The molecule has 1 nitrogen and oxygen atoms in total. The maximum atomic E-state index is 10.3. The van der Waals surface area contributed by atoms with Crippen molar-refractivity contribution in [1.29, 1.82) is 0 Å². The Bertz CT molecular complexity index is 339. The molecule has 0 aliphatic carbocycles. The standard InChI is InChI=1S/C14H22O/c1-6-14(4,5)13(15)12-8-7-10(2)11(3)9-12/h7-9,13,15H,6H2,1-5H3. The number of benzene rings is 1. The molecule has 1 aromatic rings. The normalized spacial score (nSPS) is 14.0. The minimum Gasteiger partial charge on any atom is -0.388 e. The Hall–Kier alpha value is -0.820. The Morgan fingerprint density at radius 3 is 2.27 bits per heavy atom. The molecule has 1 aromatic carbocycles. The van der Waals surface area contributed by atoms with Crippen LogP contribution in [0.3, 0.4) is 0 Å². The van der Waals surface area contributed by atoms with Gasteiger partial charge in [0.05, 0.1) is 6.10 Å². The minimum atomic E-state index is -0.373. The molecule has 0 radical (unpaired) electrons. The largest absolute Gasteiger partial charge is 0.388 e. The van der Waals surface area contributed by atoms with Crippen LogP contribution in [0.5, 0.6) is 0 Å². The summed E-state index contributed by atoms with van der Waals surface area (Å²) in [6.07, 6.45) is 0.600. The lowest BCUT2D eigenvalue weighted by molar-refractivity contribution is 0.0465. The molecule has 0 aromatic heterocycles. The third kappa shape index (κ3) is 2.60. The molecule has 1 heteroatoms. The molecular weight excluding hydrogens is 184 g/mol. The molecule has 0 aliphatic heterocycles. The van der Waals surface area contributed by atoms with E-state index in [4.69, 9.17) is 0 Å². The zero-order chi connectivity index (χ0) is 11.6. The number of aryl methyl sites for hydroxylation is 2. The van der Waals surface area contributed by atoms with Gasteiger partial charge >= 0.3 is 0 Å². The number of hydrogen-bond donors (Lipinski definition) is 1. The Balaban J connectivity index is 3.02. The van der Waals surface area contributed by atoms with Crippen molar-refractivity contribution in [3.63, 3.8) is 0 Å². The van der Waals surface area contributed by atoms with E-state index in [0.717, 1.165) is 12.0 Å². The van der Waals surface area contributed by atoms with Crippen molar-refractivity contribution in [3.05, 3.63) is 34.9 Å². The van der Waals surface area contributed by atoms with E-state index in [1.54, 1.807) is 0 Å². The van der Waals surface area contributed by atoms with Gasteiger partial charge in [0, 0.05) is 0 Å². The molecule has 0 amide bonds. The van der Waals surface area contributed by atoms with E-state index in [9.17, 15) is 5.11 Å². The topological polar surface area (TPSA) is 20.2 Å². The van der Waals surface area contributed by atoms with Gasteiger partial charge in [-0.15, -0.1) is 0 Å². The van der Waals surface area contributed by atoms with Crippen molar-refractivity contribution in [1.82, 2.24) is 0 Å². The molecule has 0 aliphatic rings. The summed E-state index contributed by atoms with van der Waals surface area (Å²) < 4.78 is 0. The predicted octanol–water partition coefficient (Wildman–Crippen LogP) is 3.77. The highest BCUT2D eigenvalue weighted by Crippen LogP contribution is 2.36. The third-order valence-electron chi connectivity index (χ3n) is 3.50. The van der Waals surface area contributed by atoms with E-state index in [0.29, 0.717) is 0 Å². The first-order chi connectivity index (χ1) is 6.88. The number of hydrogen-bond acceptors (Lipinski definition) is 1. The Labute approximate surface area is 93.1 Å². The highest BCUT2D eigenvalue weighted by molar-refractivity contribution is 5.31. The maximum absolute atomic E-state index is 10.3. The molecule has 1 rings (SSSR count). The SMILES string of the molecule is CCC(C)(C)C(O)c1ccc(C)c(C)c1.